The van der Waals surface area contributed by atoms with E-state index in [2.05, 4.69) is 5.32 Å². The molecule has 0 saturated carbocycles. The Hall–Kier alpha value is -2.09. The van der Waals surface area contributed by atoms with Crippen LogP contribution in [0.4, 0.5) is 5.69 Å². The minimum Gasteiger partial charge on any atom is -0.325 e. The molecular formula is C21H17Cl3N2O3S. The summed E-state index contributed by atoms with van der Waals surface area (Å²) in [5.41, 5.74) is 1.07. The first-order valence-corrected chi connectivity index (χ1v) is 11.4. The fraction of sp³-hybridized carbons (Fsp3) is 0.0952. The molecule has 1 N–H and O–H groups in total. The van der Waals surface area contributed by atoms with Crippen molar-refractivity contribution in [1.29, 1.82) is 0 Å². The Morgan fingerprint density at radius 3 is 2.27 bits per heavy atom. The molecule has 9 heteroatoms. The van der Waals surface area contributed by atoms with Crippen molar-refractivity contribution in [3.63, 3.8) is 0 Å². The first-order valence-electron chi connectivity index (χ1n) is 8.80. The zero-order valence-electron chi connectivity index (χ0n) is 15.6. The highest BCUT2D eigenvalue weighted by molar-refractivity contribution is 7.89. The normalized spacial score (nSPS) is 11.5. The van der Waals surface area contributed by atoms with Gasteiger partial charge in [0.25, 0.3) is 0 Å². The maximum atomic E-state index is 13.2. The van der Waals surface area contributed by atoms with Crippen molar-refractivity contribution in [3.05, 3.63) is 93.4 Å². The van der Waals surface area contributed by atoms with E-state index in [0.29, 0.717) is 26.3 Å². The van der Waals surface area contributed by atoms with Gasteiger partial charge in [0, 0.05) is 17.3 Å². The van der Waals surface area contributed by atoms with E-state index in [9.17, 15) is 13.2 Å². The Kier molecular flexibility index (Phi) is 7.39. The number of carbonyl (C=O) groups is 1. The number of hydrogen-bond acceptors (Lipinski definition) is 3. The van der Waals surface area contributed by atoms with Gasteiger partial charge in [-0.1, -0.05) is 65.1 Å². The van der Waals surface area contributed by atoms with Crippen LogP contribution in [0.5, 0.6) is 0 Å². The number of nitrogens with zero attached hydrogens (tertiary/aromatic N) is 1. The lowest BCUT2D eigenvalue weighted by molar-refractivity contribution is -0.116. The largest absolute Gasteiger partial charge is 0.325 e. The van der Waals surface area contributed by atoms with Crippen LogP contribution in [0, 0.1) is 0 Å². The van der Waals surface area contributed by atoms with Crippen LogP contribution < -0.4 is 5.32 Å². The van der Waals surface area contributed by atoms with Crippen molar-refractivity contribution >= 4 is 56.4 Å². The summed E-state index contributed by atoms with van der Waals surface area (Å²) < 4.78 is 27.5. The number of anilines is 1. The number of sulfonamides is 1. The van der Waals surface area contributed by atoms with Crippen molar-refractivity contribution < 1.29 is 13.2 Å². The topological polar surface area (TPSA) is 66.5 Å². The molecule has 0 aliphatic carbocycles. The third kappa shape index (κ3) is 5.74. The Morgan fingerprint density at radius 2 is 1.60 bits per heavy atom. The second kappa shape index (κ2) is 9.81. The summed E-state index contributed by atoms with van der Waals surface area (Å²) in [7, 11) is -3.95. The summed E-state index contributed by atoms with van der Waals surface area (Å²) in [5, 5.41) is 3.78. The number of benzene rings is 3. The predicted octanol–water partition coefficient (Wildman–Crippen LogP) is 5.48. The number of amides is 1. The van der Waals surface area contributed by atoms with Gasteiger partial charge < -0.3 is 5.32 Å². The van der Waals surface area contributed by atoms with Gasteiger partial charge >= 0.3 is 0 Å². The lowest BCUT2D eigenvalue weighted by Gasteiger charge is -2.22. The van der Waals surface area contributed by atoms with Gasteiger partial charge in [-0.2, -0.15) is 4.31 Å². The lowest BCUT2D eigenvalue weighted by atomic mass is 10.2. The molecule has 156 valence electrons. The lowest BCUT2D eigenvalue weighted by Crippen LogP contribution is -2.37. The van der Waals surface area contributed by atoms with Gasteiger partial charge in [-0.15, -0.1) is 0 Å². The molecule has 0 aliphatic rings. The highest BCUT2D eigenvalue weighted by Gasteiger charge is 2.27. The Balaban J connectivity index is 1.88. The molecule has 0 bridgehead atoms. The van der Waals surface area contributed by atoms with Crippen LogP contribution in [0.25, 0.3) is 0 Å². The zero-order valence-corrected chi connectivity index (χ0v) is 18.6. The van der Waals surface area contributed by atoms with Crippen LogP contribution in [0.2, 0.25) is 15.1 Å². The van der Waals surface area contributed by atoms with Gasteiger partial charge in [0.1, 0.15) is 0 Å². The molecule has 1 amide bonds. The monoisotopic (exact) mass is 482 g/mol. The molecular weight excluding hydrogens is 467 g/mol. The van der Waals surface area contributed by atoms with E-state index in [4.69, 9.17) is 34.8 Å². The van der Waals surface area contributed by atoms with E-state index in [-0.39, 0.29) is 11.4 Å². The third-order valence-corrected chi connectivity index (χ3v) is 6.93. The van der Waals surface area contributed by atoms with E-state index in [0.717, 1.165) is 4.31 Å². The molecule has 0 aromatic heterocycles. The summed E-state index contributed by atoms with van der Waals surface area (Å²) in [5.74, 6) is -0.503. The van der Waals surface area contributed by atoms with Gasteiger partial charge in [0.2, 0.25) is 15.9 Å². The second-order valence-corrected chi connectivity index (χ2v) is 9.58. The van der Waals surface area contributed by atoms with Crippen LogP contribution >= 0.6 is 34.8 Å². The maximum absolute atomic E-state index is 13.2. The summed E-state index contributed by atoms with van der Waals surface area (Å²) in [4.78, 5) is 12.7. The number of carbonyl (C=O) groups excluding carboxylic acids is 1. The molecule has 0 fully saturated rings. The third-order valence-electron chi connectivity index (χ3n) is 4.15. The summed E-state index contributed by atoms with van der Waals surface area (Å²) in [6, 6.07) is 19.3. The number of nitrogens with one attached hydrogen (secondary N) is 1. The predicted molar refractivity (Wildman–Crippen MR) is 121 cm³/mol. The van der Waals surface area contributed by atoms with Crippen LogP contribution in [-0.2, 0) is 21.4 Å². The average molecular weight is 484 g/mol. The molecule has 30 heavy (non-hydrogen) atoms. The molecule has 0 aliphatic heterocycles. The highest BCUT2D eigenvalue weighted by atomic mass is 35.5. The maximum Gasteiger partial charge on any atom is 0.243 e. The molecule has 0 atom stereocenters. The highest BCUT2D eigenvalue weighted by Crippen LogP contribution is 2.25. The van der Waals surface area contributed by atoms with Crippen LogP contribution in [-0.4, -0.2) is 25.2 Å². The fourth-order valence-electron chi connectivity index (χ4n) is 2.74. The molecule has 0 unspecified atom stereocenters. The van der Waals surface area contributed by atoms with Gasteiger partial charge in [-0.3, -0.25) is 4.79 Å². The van der Waals surface area contributed by atoms with E-state index in [1.54, 1.807) is 60.7 Å². The quantitative estimate of drug-likeness (QED) is 0.484. The van der Waals surface area contributed by atoms with Gasteiger partial charge in [0.15, 0.2) is 0 Å². The van der Waals surface area contributed by atoms with Crippen molar-refractivity contribution in [3.8, 4) is 0 Å². The van der Waals surface area contributed by atoms with E-state index >= 15 is 0 Å². The molecule has 0 heterocycles. The Bertz CT molecular complexity index is 1160. The van der Waals surface area contributed by atoms with Gasteiger partial charge in [0.05, 0.1) is 21.5 Å². The molecule has 3 aromatic rings. The van der Waals surface area contributed by atoms with Gasteiger partial charge in [-0.05, 0) is 48.0 Å². The SMILES string of the molecule is O=C(CN(Cc1ccc(Cl)c(Cl)c1)S(=O)(=O)c1ccccc1)Nc1cccc(Cl)c1. The zero-order chi connectivity index (χ0) is 21.7. The molecule has 5 nitrogen and oxygen atoms in total. The summed E-state index contributed by atoms with van der Waals surface area (Å²) >= 11 is 18.0. The van der Waals surface area contributed by atoms with Crippen LogP contribution in [0.3, 0.4) is 0 Å². The second-order valence-electron chi connectivity index (χ2n) is 6.39. The molecule has 3 rings (SSSR count). The molecule has 3 aromatic carbocycles. The first-order chi connectivity index (χ1) is 14.3. The minimum absolute atomic E-state index is 0.0585. The summed E-state index contributed by atoms with van der Waals surface area (Å²) in [6.45, 7) is -0.457. The number of rotatable bonds is 7. The Morgan fingerprint density at radius 1 is 0.867 bits per heavy atom. The summed E-state index contributed by atoms with van der Waals surface area (Å²) in [6.07, 6.45) is 0. The fourth-order valence-corrected chi connectivity index (χ4v) is 4.65. The van der Waals surface area contributed by atoms with Crippen molar-refractivity contribution in [1.82, 2.24) is 4.31 Å². The van der Waals surface area contributed by atoms with Crippen LogP contribution in [0.15, 0.2) is 77.7 Å². The molecule has 0 spiro atoms. The van der Waals surface area contributed by atoms with Crippen molar-refractivity contribution in [2.75, 3.05) is 11.9 Å². The smallest absolute Gasteiger partial charge is 0.243 e. The van der Waals surface area contributed by atoms with Crippen LogP contribution in [0.1, 0.15) is 5.56 Å². The van der Waals surface area contributed by atoms with E-state index < -0.39 is 22.5 Å². The standard InChI is InChI=1S/C21H17Cl3N2O3S/c22-16-5-4-6-17(12-16)25-21(27)14-26(13-15-9-10-19(23)20(24)11-15)30(28,29)18-7-2-1-3-8-18/h1-12H,13-14H2,(H,25,27). The number of halogens is 3. The average Bonchev–Trinajstić information content (AvgIpc) is 2.71. The van der Waals surface area contributed by atoms with Gasteiger partial charge in [-0.25, -0.2) is 8.42 Å². The molecule has 0 saturated heterocycles. The first kappa shape index (κ1) is 22.6. The Labute approximate surface area is 190 Å². The van der Waals surface area contributed by atoms with E-state index in [1.807, 2.05) is 0 Å². The van der Waals surface area contributed by atoms with Crippen molar-refractivity contribution in [2.45, 2.75) is 11.4 Å². The number of hydrogen-bond donors (Lipinski definition) is 1. The molecule has 0 radical (unpaired) electrons. The minimum atomic E-state index is -3.95. The van der Waals surface area contributed by atoms with E-state index in [1.165, 1.54) is 12.1 Å². The van der Waals surface area contributed by atoms with Crippen molar-refractivity contribution in [2.24, 2.45) is 0 Å².